The highest BCUT2D eigenvalue weighted by molar-refractivity contribution is 7.89. The fraction of sp³-hybridized carbons (Fsp3) is 0.423. The minimum absolute atomic E-state index is 0.0404. The SMILES string of the molecule is Cc1cc(/C(Cc2cc(Cl)c(F)c(Cl)c2)=N/OCC(F)(F)F)ccc1C(=O)N(C(=O)C1CC1)[C@H]1CON(S(=O)(=O)C(F)F)C1. The van der Waals surface area contributed by atoms with Crippen molar-refractivity contribution in [3.8, 4) is 0 Å². The van der Waals surface area contributed by atoms with Gasteiger partial charge in [-0.1, -0.05) is 38.9 Å². The Morgan fingerprint density at radius 1 is 1.16 bits per heavy atom. The number of benzene rings is 2. The Bertz CT molecular complexity index is 1560. The maximum atomic E-state index is 13.9. The molecule has 1 aliphatic heterocycles. The molecule has 1 heterocycles. The topological polar surface area (TPSA) is 106 Å². The number of hydroxylamine groups is 1. The van der Waals surface area contributed by atoms with Crippen LogP contribution in [0, 0.1) is 18.7 Å². The molecule has 1 saturated heterocycles. The molecule has 240 valence electrons. The van der Waals surface area contributed by atoms with Crippen LogP contribution in [0.15, 0.2) is 35.5 Å². The molecule has 18 heteroatoms. The summed E-state index contributed by atoms with van der Waals surface area (Å²) in [6.45, 7) is -1.49. The Hall–Kier alpha value is -2.92. The van der Waals surface area contributed by atoms with E-state index >= 15 is 0 Å². The first-order valence-corrected chi connectivity index (χ1v) is 15.1. The second-order valence-electron chi connectivity index (χ2n) is 10.0. The lowest BCUT2D eigenvalue weighted by Crippen LogP contribution is -2.48. The van der Waals surface area contributed by atoms with Gasteiger partial charge in [0.25, 0.3) is 15.9 Å². The number of rotatable bonds is 10. The molecule has 2 aromatic rings. The molecular formula is C26H23Cl2F6N3O6S. The number of aryl methyl sites for hydroxylation is 1. The van der Waals surface area contributed by atoms with Gasteiger partial charge < -0.3 is 4.84 Å². The minimum atomic E-state index is -5.14. The zero-order valence-corrected chi connectivity index (χ0v) is 24.9. The molecule has 44 heavy (non-hydrogen) atoms. The molecular weight excluding hydrogens is 667 g/mol. The van der Waals surface area contributed by atoms with Gasteiger partial charge in [-0.05, 0) is 60.7 Å². The predicted octanol–water partition coefficient (Wildman–Crippen LogP) is 5.51. The maximum absolute atomic E-state index is 13.9. The zero-order chi connectivity index (χ0) is 32.6. The van der Waals surface area contributed by atoms with Crippen molar-refractivity contribution in [2.45, 2.75) is 44.2 Å². The number of halogens is 8. The van der Waals surface area contributed by atoms with E-state index in [9.17, 15) is 44.3 Å². The number of carbonyl (C=O) groups excluding carboxylic acids is 2. The van der Waals surface area contributed by atoms with Crippen molar-refractivity contribution in [3.05, 3.63) is 68.4 Å². The largest absolute Gasteiger partial charge is 0.425 e. The van der Waals surface area contributed by atoms with Gasteiger partial charge >= 0.3 is 11.9 Å². The number of imide groups is 1. The highest BCUT2D eigenvalue weighted by atomic mass is 35.5. The number of nitrogens with zero attached hydrogens (tertiary/aromatic N) is 3. The fourth-order valence-electron chi connectivity index (χ4n) is 4.33. The van der Waals surface area contributed by atoms with Gasteiger partial charge in [0.05, 0.1) is 35.0 Å². The summed E-state index contributed by atoms with van der Waals surface area (Å²) in [4.78, 5) is 37.0. The van der Waals surface area contributed by atoms with Gasteiger partial charge in [-0.25, -0.2) is 12.8 Å². The smallest absolute Gasteiger partial charge is 0.386 e. The van der Waals surface area contributed by atoms with Crippen LogP contribution in [-0.4, -0.2) is 73.0 Å². The molecule has 9 nitrogen and oxygen atoms in total. The van der Waals surface area contributed by atoms with E-state index in [1.165, 1.54) is 37.3 Å². The van der Waals surface area contributed by atoms with Crippen molar-refractivity contribution in [1.82, 2.24) is 9.37 Å². The Morgan fingerprint density at radius 2 is 1.80 bits per heavy atom. The Kier molecular flexibility index (Phi) is 10.2. The summed E-state index contributed by atoms with van der Waals surface area (Å²) in [5, 5.41) is 2.93. The summed E-state index contributed by atoms with van der Waals surface area (Å²) in [6.07, 6.45) is -3.97. The van der Waals surface area contributed by atoms with Crippen LogP contribution in [0.3, 0.4) is 0 Å². The third-order valence-corrected chi connectivity index (χ3v) is 8.46. The summed E-state index contributed by atoms with van der Waals surface area (Å²) < 4.78 is 102. The molecule has 2 aliphatic rings. The molecule has 2 aromatic carbocycles. The van der Waals surface area contributed by atoms with Gasteiger partial charge in [0, 0.05) is 17.9 Å². The lowest BCUT2D eigenvalue weighted by Gasteiger charge is -2.27. The highest BCUT2D eigenvalue weighted by Crippen LogP contribution is 2.34. The molecule has 1 aliphatic carbocycles. The van der Waals surface area contributed by atoms with Crippen molar-refractivity contribution in [2.75, 3.05) is 19.8 Å². The summed E-state index contributed by atoms with van der Waals surface area (Å²) in [6, 6.07) is 5.18. The molecule has 0 aromatic heterocycles. The van der Waals surface area contributed by atoms with Crippen LogP contribution >= 0.6 is 23.2 Å². The van der Waals surface area contributed by atoms with E-state index in [0.29, 0.717) is 12.8 Å². The monoisotopic (exact) mass is 689 g/mol. The minimum Gasteiger partial charge on any atom is -0.386 e. The lowest BCUT2D eigenvalue weighted by molar-refractivity contribution is -0.173. The van der Waals surface area contributed by atoms with E-state index in [2.05, 4.69) is 9.99 Å². The first kappa shape index (κ1) is 34.0. The fourth-order valence-corrected chi connectivity index (χ4v) is 5.63. The van der Waals surface area contributed by atoms with Gasteiger partial charge in [0.1, 0.15) is 0 Å². The van der Waals surface area contributed by atoms with Crippen LogP contribution in [0.2, 0.25) is 10.0 Å². The Morgan fingerprint density at radius 3 is 2.34 bits per heavy atom. The number of oxime groups is 1. The molecule has 0 spiro atoms. The second kappa shape index (κ2) is 13.2. The molecule has 1 atom stereocenters. The third kappa shape index (κ3) is 7.83. The van der Waals surface area contributed by atoms with Crippen molar-refractivity contribution < 1.29 is 54.0 Å². The van der Waals surface area contributed by atoms with Crippen LogP contribution in [0.4, 0.5) is 26.3 Å². The van der Waals surface area contributed by atoms with Crippen LogP contribution in [0.5, 0.6) is 0 Å². The number of sulfonamides is 1. The lowest BCUT2D eigenvalue weighted by atomic mass is 9.97. The van der Waals surface area contributed by atoms with Gasteiger partial charge in [0.2, 0.25) is 12.5 Å². The van der Waals surface area contributed by atoms with Crippen LogP contribution in [0.25, 0.3) is 0 Å². The van der Waals surface area contributed by atoms with Gasteiger partial charge in [0.15, 0.2) is 5.82 Å². The van der Waals surface area contributed by atoms with Crippen molar-refractivity contribution in [1.29, 1.82) is 0 Å². The van der Waals surface area contributed by atoms with E-state index < -0.39 is 71.3 Å². The number of amides is 2. The predicted molar refractivity (Wildman–Crippen MR) is 145 cm³/mol. The van der Waals surface area contributed by atoms with Gasteiger partial charge in [-0.15, -0.1) is 0 Å². The van der Waals surface area contributed by atoms with Crippen LogP contribution in [-0.2, 0) is 30.9 Å². The quantitative estimate of drug-likeness (QED) is 0.107. The van der Waals surface area contributed by atoms with E-state index in [-0.39, 0.29) is 48.9 Å². The van der Waals surface area contributed by atoms with E-state index in [0.717, 1.165) is 4.90 Å². The molecule has 2 fully saturated rings. The Labute approximate surface area is 257 Å². The average molecular weight is 690 g/mol. The standard InChI is InChI=1S/C26H23Cl2F6N3O6S/c1-13-6-16(21(35-42-12-26(32,33)34)9-14-7-19(27)22(29)20(28)8-14)4-5-18(13)24(39)37(23(38)15-2-3-15)17-10-36(43-11-17)44(40,41)25(30)31/h4-8,15,17,25H,2-3,9-12H2,1H3/b35-21+/t17-/m1/s1. The summed E-state index contributed by atoms with van der Waals surface area (Å²) >= 11 is 11.7. The number of alkyl halides is 5. The van der Waals surface area contributed by atoms with Gasteiger partial charge in [-0.3, -0.25) is 19.3 Å². The molecule has 0 N–H and O–H groups in total. The number of carbonyl (C=O) groups is 2. The molecule has 0 bridgehead atoms. The molecule has 0 radical (unpaired) electrons. The van der Waals surface area contributed by atoms with Crippen molar-refractivity contribution >= 4 is 50.8 Å². The molecule has 2 amide bonds. The highest BCUT2D eigenvalue weighted by Gasteiger charge is 2.46. The van der Waals surface area contributed by atoms with Crippen LogP contribution < -0.4 is 0 Å². The van der Waals surface area contributed by atoms with Crippen LogP contribution in [0.1, 0.15) is 39.9 Å². The van der Waals surface area contributed by atoms with E-state index in [4.69, 9.17) is 28.0 Å². The third-order valence-electron chi connectivity index (χ3n) is 6.64. The number of hydrogen-bond donors (Lipinski definition) is 0. The molecule has 4 rings (SSSR count). The van der Waals surface area contributed by atoms with E-state index in [1.54, 1.807) is 0 Å². The Balaban J connectivity index is 1.64. The van der Waals surface area contributed by atoms with Crippen molar-refractivity contribution in [2.24, 2.45) is 11.1 Å². The maximum Gasteiger partial charge on any atom is 0.425 e. The summed E-state index contributed by atoms with van der Waals surface area (Å²) in [7, 11) is -5.14. The first-order chi connectivity index (χ1) is 20.5. The second-order valence-corrected chi connectivity index (χ2v) is 12.6. The summed E-state index contributed by atoms with van der Waals surface area (Å²) in [5.41, 5.74) is 0.589. The zero-order valence-electron chi connectivity index (χ0n) is 22.6. The summed E-state index contributed by atoms with van der Waals surface area (Å²) in [5.74, 6) is -6.68. The van der Waals surface area contributed by atoms with E-state index in [1.807, 2.05) is 0 Å². The average Bonchev–Trinajstić information content (AvgIpc) is 3.67. The first-order valence-electron chi connectivity index (χ1n) is 12.8. The number of hydrogen-bond acceptors (Lipinski definition) is 7. The normalized spacial score (nSPS) is 18.1. The molecule has 0 unspecified atom stereocenters. The molecule has 1 saturated carbocycles. The van der Waals surface area contributed by atoms with Crippen molar-refractivity contribution in [3.63, 3.8) is 0 Å². The van der Waals surface area contributed by atoms with Gasteiger partial charge in [-0.2, -0.15) is 22.0 Å².